The van der Waals surface area contributed by atoms with Gasteiger partial charge < -0.3 is 14.3 Å². The Kier molecular flexibility index (Phi) is 6.43. The predicted octanol–water partition coefficient (Wildman–Crippen LogP) is 4.60. The molecule has 6 rings (SSSR count). The fourth-order valence-corrected chi connectivity index (χ4v) is 5.69. The number of fused-ring (bicyclic) bond motifs is 3. The number of carbonyl (C=O) groups excluding carboxylic acids is 1. The predicted molar refractivity (Wildman–Crippen MR) is 128 cm³/mol. The van der Waals surface area contributed by atoms with Gasteiger partial charge in [-0.05, 0) is 41.0 Å². The van der Waals surface area contributed by atoms with Crippen molar-refractivity contribution >= 4 is 5.97 Å². The number of hydrogen-bond acceptors (Lipinski definition) is 3. The SMILES string of the molecule is O=C(OC1C[N+]2(CCc3ccccc3)CCC1CC2)C(O)(c1ccc(F)cc1)c1ccc(F)cc1. The molecule has 2 bridgehead atoms. The lowest BCUT2D eigenvalue weighted by Gasteiger charge is -2.52. The second kappa shape index (κ2) is 9.51. The number of carbonyl (C=O) groups is 1. The monoisotopic (exact) mass is 478 g/mol. The second-order valence-corrected chi connectivity index (χ2v) is 9.94. The average molecular weight is 479 g/mol. The first-order chi connectivity index (χ1) is 16.9. The zero-order valence-corrected chi connectivity index (χ0v) is 19.6. The van der Waals surface area contributed by atoms with Crippen molar-refractivity contribution in [2.24, 2.45) is 5.92 Å². The van der Waals surface area contributed by atoms with Gasteiger partial charge >= 0.3 is 5.97 Å². The minimum absolute atomic E-state index is 0.185. The molecule has 35 heavy (non-hydrogen) atoms. The lowest BCUT2D eigenvalue weighted by molar-refractivity contribution is -0.946. The highest BCUT2D eigenvalue weighted by atomic mass is 19.1. The van der Waals surface area contributed by atoms with Crippen LogP contribution < -0.4 is 0 Å². The van der Waals surface area contributed by atoms with Gasteiger partial charge in [-0.1, -0.05) is 54.6 Å². The van der Waals surface area contributed by atoms with Crippen molar-refractivity contribution in [3.8, 4) is 0 Å². The van der Waals surface area contributed by atoms with Gasteiger partial charge in [-0.2, -0.15) is 0 Å². The number of aliphatic hydroxyl groups is 1. The summed E-state index contributed by atoms with van der Waals surface area (Å²) in [6.45, 7) is 3.81. The van der Waals surface area contributed by atoms with E-state index in [0.29, 0.717) is 6.54 Å². The van der Waals surface area contributed by atoms with E-state index >= 15 is 0 Å². The van der Waals surface area contributed by atoms with Crippen LogP contribution in [0.5, 0.6) is 0 Å². The summed E-state index contributed by atoms with van der Waals surface area (Å²) < 4.78 is 34.1. The topological polar surface area (TPSA) is 46.5 Å². The first-order valence-electron chi connectivity index (χ1n) is 12.2. The molecule has 182 valence electrons. The highest BCUT2D eigenvalue weighted by Crippen LogP contribution is 2.38. The van der Waals surface area contributed by atoms with Crippen LogP contribution in [0, 0.1) is 17.6 Å². The Labute approximate surface area is 204 Å². The largest absolute Gasteiger partial charge is 0.453 e. The van der Waals surface area contributed by atoms with Gasteiger partial charge in [0.25, 0.3) is 0 Å². The third kappa shape index (κ3) is 4.73. The van der Waals surface area contributed by atoms with Gasteiger partial charge in [0.05, 0.1) is 19.6 Å². The molecule has 0 aliphatic carbocycles. The molecule has 3 aromatic rings. The molecule has 0 radical (unpaired) electrons. The summed E-state index contributed by atoms with van der Waals surface area (Å²) in [4.78, 5) is 13.6. The number of ether oxygens (including phenoxy) is 1. The fourth-order valence-electron chi connectivity index (χ4n) is 5.69. The van der Waals surface area contributed by atoms with Crippen LogP contribution in [0.2, 0.25) is 0 Å². The van der Waals surface area contributed by atoms with E-state index in [1.807, 2.05) is 18.2 Å². The molecule has 3 aliphatic rings. The molecule has 3 aliphatic heterocycles. The summed E-state index contributed by atoms with van der Waals surface area (Å²) in [7, 11) is 0. The first kappa shape index (κ1) is 23.6. The average Bonchev–Trinajstić information content (AvgIpc) is 2.89. The zero-order valence-electron chi connectivity index (χ0n) is 19.6. The lowest BCUT2D eigenvalue weighted by Crippen LogP contribution is -2.65. The number of esters is 1. The molecule has 4 nitrogen and oxygen atoms in total. The molecule has 0 saturated carbocycles. The van der Waals surface area contributed by atoms with Gasteiger partial charge in [-0.15, -0.1) is 0 Å². The van der Waals surface area contributed by atoms with Crippen LogP contribution in [-0.2, 0) is 21.6 Å². The molecule has 1 atom stereocenters. The molecular weight excluding hydrogens is 448 g/mol. The van der Waals surface area contributed by atoms with Gasteiger partial charge in [0.15, 0.2) is 6.10 Å². The van der Waals surface area contributed by atoms with Gasteiger partial charge in [-0.25, -0.2) is 13.6 Å². The van der Waals surface area contributed by atoms with E-state index in [1.54, 1.807) is 0 Å². The number of benzene rings is 3. The molecule has 3 aromatic carbocycles. The molecule has 0 amide bonds. The van der Waals surface area contributed by atoms with E-state index in [0.717, 1.165) is 43.4 Å². The summed E-state index contributed by atoms with van der Waals surface area (Å²) in [5.41, 5.74) is -0.500. The van der Waals surface area contributed by atoms with Crippen molar-refractivity contribution in [2.45, 2.75) is 31.0 Å². The maximum Gasteiger partial charge on any atom is 0.348 e. The minimum atomic E-state index is -2.16. The van der Waals surface area contributed by atoms with Crippen LogP contribution in [0.15, 0.2) is 78.9 Å². The number of quaternary nitrogens is 1. The summed E-state index contributed by atoms with van der Waals surface area (Å²) in [5.74, 6) is -1.52. The van der Waals surface area contributed by atoms with Crippen molar-refractivity contribution in [2.75, 3.05) is 26.2 Å². The number of nitrogens with zero attached hydrogens (tertiary/aromatic N) is 1. The Morgan fingerprint density at radius 1 is 0.886 bits per heavy atom. The summed E-state index contributed by atoms with van der Waals surface area (Å²) in [6, 6.07) is 20.6. The maximum absolute atomic E-state index is 13.6. The Hall–Kier alpha value is -3.09. The van der Waals surface area contributed by atoms with Gasteiger partial charge in [0, 0.05) is 25.2 Å². The number of piperidine rings is 3. The standard InChI is InChI=1S/C29H30F2NO3/c30-25-10-6-23(7-11-25)29(34,24-8-12-26(31)13-9-24)28(33)35-27-20-32(18-15-22(27)16-19-32)17-14-21-4-2-1-3-5-21/h1-13,22,27,34H,14-20H2/q+1. The maximum atomic E-state index is 13.6. The van der Waals surface area contributed by atoms with Gasteiger partial charge in [0.1, 0.15) is 18.2 Å². The van der Waals surface area contributed by atoms with Crippen LogP contribution in [0.4, 0.5) is 8.78 Å². The zero-order chi connectivity index (χ0) is 24.5. The second-order valence-electron chi connectivity index (χ2n) is 9.94. The molecular formula is C29H30F2NO3+. The van der Waals surface area contributed by atoms with Crippen molar-refractivity contribution in [3.05, 3.63) is 107 Å². The molecule has 3 saturated heterocycles. The number of hydrogen-bond donors (Lipinski definition) is 1. The van der Waals surface area contributed by atoms with Crippen molar-refractivity contribution in [1.82, 2.24) is 0 Å². The molecule has 0 aromatic heterocycles. The Morgan fingerprint density at radius 3 is 1.97 bits per heavy atom. The van der Waals surface area contributed by atoms with Crippen LogP contribution in [0.25, 0.3) is 0 Å². The van der Waals surface area contributed by atoms with E-state index in [4.69, 9.17) is 4.74 Å². The molecule has 1 unspecified atom stereocenters. The van der Waals surface area contributed by atoms with E-state index < -0.39 is 23.2 Å². The van der Waals surface area contributed by atoms with Crippen LogP contribution in [0.3, 0.4) is 0 Å². The molecule has 3 heterocycles. The van der Waals surface area contributed by atoms with Crippen LogP contribution >= 0.6 is 0 Å². The van der Waals surface area contributed by atoms with E-state index in [-0.39, 0.29) is 23.1 Å². The number of halogens is 2. The highest BCUT2D eigenvalue weighted by molar-refractivity contribution is 5.85. The van der Waals surface area contributed by atoms with Crippen molar-refractivity contribution in [3.63, 3.8) is 0 Å². The quantitative estimate of drug-likeness (QED) is 0.399. The third-order valence-electron chi connectivity index (χ3n) is 7.84. The smallest absolute Gasteiger partial charge is 0.348 e. The van der Waals surface area contributed by atoms with Gasteiger partial charge in [-0.3, -0.25) is 0 Å². The Morgan fingerprint density at radius 2 is 1.43 bits per heavy atom. The highest BCUT2D eigenvalue weighted by Gasteiger charge is 2.50. The van der Waals surface area contributed by atoms with E-state index in [2.05, 4.69) is 12.1 Å². The molecule has 3 fully saturated rings. The molecule has 0 spiro atoms. The van der Waals surface area contributed by atoms with Crippen LogP contribution in [-0.4, -0.2) is 47.8 Å². The summed E-state index contributed by atoms with van der Waals surface area (Å²) in [6.07, 6.45) is 2.59. The van der Waals surface area contributed by atoms with Gasteiger partial charge in [0.2, 0.25) is 5.60 Å². The van der Waals surface area contributed by atoms with Crippen molar-refractivity contribution < 1.29 is 27.9 Å². The molecule has 1 N–H and O–H groups in total. The minimum Gasteiger partial charge on any atom is -0.453 e. The summed E-state index contributed by atoms with van der Waals surface area (Å²) in [5, 5.41) is 11.7. The Bertz CT molecular complexity index is 1110. The van der Waals surface area contributed by atoms with E-state index in [9.17, 15) is 18.7 Å². The fraction of sp³-hybridized carbons (Fsp3) is 0.345. The summed E-state index contributed by atoms with van der Waals surface area (Å²) >= 11 is 0. The number of rotatable bonds is 7. The first-order valence-corrected chi connectivity index (χ1v) is 12.2. The normalized spacial score (nSPS) is 23.7. The van der Waals surface area contributed by atoms with E-state index in [1.165, 1.54) is 54.1 Å². The lowest BCUT2D eigenvalue weighted by atomic mass is 9.82. The Balaban J connectivity index is 1.38. The van der Waals surface area contributed by atoms with Crippen molar-refractivity contribution in [1.29, 1.82) is 0 Å². The van der Waals surface area contributed by atoms with Crippen LogP contribution in [0.1, 0.15) is 29.5 Å². The molecule has 6 heteroatoms. The third-order valence-corrected chi connectivity index (χ3v) is 7.84.